The molecule has 0 amide bonds. The van der Waals surface area contributed by atoms with Gasteiger partial charge in [0.05, 0.1) is 5.75 Å². The predicted octanol–water partition coefficient (Wildman–Crippen LogP) is 4.63. The highest BCUT2D eigenvalue weighted by Crippen LogP contribution is 2.23. The summed E-state index contributed by atoms with van der Waals surface area (Å²) >= 11 is 0. The van der Waals surface area contributed by atoms with Gasteiger partial charge in [-0.25, -0.2) is 13.1 Å². The Morgan fingerprint density at radius 1 is 0.800 bits per heavy atom. The van der Waals surface area contributed by atoms with Crippen LogP contribution in [-0.2, 0) is 10.0 Å². The molecule has 0 aliphatic heterocycles. The molecule has 0 aromatic heterocycles. The lowest BCUT2D eigenvalue weighted by molar-refractivity contribution is 0.332. The predicted molar refractivity (Wildman–Crippen MR) is 88.5 cm³/mol. The molecule has 0 atom stereocenters. The molecule has 0 aromatic carbocycles. The van der Waals surface area contributed by atoms with Crippen molar-refractivity contribution in [1.29, 1.82) is 0 Å². The molecule has 0 saturated carbocycles. The van der Waals surface area contributed by atoms with Crippen molar-refractivity contribution >= 4 is 10.0 Å². The molecular weight excluding hydrogens is 270 g/mol. The highest BCUT2D eigenvalue weighted by Gasteiger charge is 2.27. The van der Waals surface area contributed by atoms with Crippen molar-refractivity contribution in [3.63, 3.8) is 0 Å². The van der Waals surface area contributed by atoms with Crippen LogP contribution in [0.25, 0.3) is 0 Å². The van der Waals surface area contributed by atoms with E-state index in [0.717, 1.165) is 25.7 Å². The van der Waals surface area contributed by atoms with Crippen LogP contribution in [0.15, 0.2) is 0 Å². The first-order valence-corrected chi connectivity index (χ1v) is 10.1. The van der Waals surface area contributed by atoms with Gasteiger partial charge in [0.15, 0.2) is 0 Å². The Bertz CT molecular complexity index is 313. The molecule has 0 rings (SSSR count). The number of hydrogen-bond acceptors (Lipinski definition) is 2. The maximum absolute atomic E-state index is 11.9. The fraction of sp³-hybridized carbons (Fsp3) is 1.00. The second-order valence-corrected chi connectivity index (χ2v) is 8.20. The van der Waals surface area contributed by atoms with E-state index >= 15 is 0 Å². The quantitative estimate of drug-likeness (QED) is 0.504. The Hall–Kier alpha value is -0.0900. The SMILES string of the molecule is CCCCCCC(C)(CCCCCC)NS(=O)(=O)CC. The van der Waals surface area contributed by atoms with Gasteiger partial charge in [-0.1, -0.05) is 65.2 Å². The number of rotatable bonds is 13. The summed E-state index contributed by atoms with van der Waals surface area (Å²) in [6.45, 7) is 8.18. The van der Waals surface area contributed by atoms with Crippen LogP contribution < -0.4 is 4.72 Å². The lowest BCUT2D eigenvalue weighted by atomic mass is 9.89. The van der Waals surface area contributed by atoms with Crippen LogP contribution in [0.5, 0.6) is 0 Å². The van der Waals surface area contributed by atoms with Gasteiger partial charge >= 0.3 is 0 Å². The van der Waals surface area contributed by atoms with Gasteiger partial charge < -0.3 is 0 Å². The minimum absolute atomic E-state index is 0.173. The third kappa shape index (κ3) is 9.76. The molecule has 4 heteroatoms. The molecule has 0 saturated heterocycles. The molecule has 0 heterocycles. The zero-order chi connectivity index (χ0) is 15.5. The Morgan fingerprint density at radius 3 is 1.60 bits per heavy atom. The van der Waals surface area contributed by atoms with Crippen LogP contribution >= 0.6 is 0 Å². The highest BCUT2D eigenvalue weighted by atomic mass is 32.2. The van der Waals surface area contributed by atoms with Gasteiger partial charge in [0, 0.05) is 5.54 Å². The van der Waals surface area contributed by atoms with Crippen LogP contribution in [-0.4, -0.2) is 19.7 Å². The van der Waals surface area contributed by atoms with Gasteiger partial charge in [-0.05, 0) is 26.7 Å². The molecule has 0 fully saturated rings. The second-order valence-electron chi connectivity index (χ2n) is 6.19. The van der Waals surface area contributed by atoms with E-state index < -0.39 is 10.0 Å². The number of sulfonamides is 1. The third-order valence-corrected chi connectivity index (χ3v) is 5.51. The second kappa shape index (κ2) is 10.6. The first-order chi connectivity index (χ1) is 9.39. The minimum Gasteiger partial charge on any atom is -0.212 e. The summed E-state index contributed by atoms with van der Waals surface area (Å²) in [7, 11) is -3.11. The molecule has 0 unspecified atom stereocenters. The minimum atomic E-state index is -3.11. The van der Waals surface area contributed by atoms with E-state index in [0.29, 0.717) is 0 Å². The first kappa shape index (κ1) is 19.9. The summed E-state index contributed by atoms with van der Waals surface area (Å²) in [5.41, 5.74) is -0.254. The Morgan fingerprint density at radius 2 is 1.25 bits per heavy atom. The van der Waals surface area contributed by atoms with Crippen molar-refractivity contribution < 1.29 is 8.42 Å². The number of hydrogen-bond donors (Lipinski definition) is 1. The van der Waals surface area contributed by atoms with Crippen molar-refractivity contribution in [2.24, 2.45) is 0 Å². The lowest BCUT2D eigenvalue weighted by Crippen LogP contribution is -2.46. The van der Waals surface area contributed by atoms with E-state index in [2.05, 4.69) is 25.5 Å². The molecule has 1 N–H and O–H groups in total. The van der Waals surface area contributed by atoms with Crippen molar-refractivity contribution in [1.82, 2.24) is 4.72 Å². The number of unbranched alkanes of at least 4 members (excludes halogenated alkanes) is 6. The van der Waals surface area contributed by atoms with Crippen LogP contribution in [0.3, 0.4) is 0 Å². The molecule has 0 aliphatic carbocycles. The Kier molecular flexibility index (Phi) is 10.6. The molecule has 20 heavy (non-hydrogen) atoms. The van der Waals surface area contributed by atoms with Crippen LogP contribution in [0.1, 0.15) is 91.9 Å². The summed E-state index contributed by atoms with van der Waals surface area (Å²) < 4.78 is 26.7. The van der Waals surface area contributed by atoms with E-state index in [-0.39, 0.29) is 11.3 Å². The molecule has 0 bridgehead atoms. The lowest BCUT2D eigenvalue weighted by Gasteiger charge is -2.30. The fourth-order valence-electron chi connectivity index (χ4n) is 2.56. The maximum Gasteiger partial charge on any atom is 0.211 e. The first-order valence-electron chi connectivity index (χ1n) is 8.40. The van der Waals surface area contributed by atoms with Crippen molar-refractivity contribution in [3.05, 3.63) is 0 Å². The molecule has 122 valence electrons. The van der Waals surface area contributed by atoms with Crippen LogP contribution in [0, 0.1) is 0 Å². The van der Waals surface area contributed by atoms with E-state index in [1.165, 1.54) is 38.5 Å². The van der Waals surface area contributed by atoms with Gasteiger partial charge in [-0.15, -0.1) is 0 Å². The summed E-state index contributed by atoms with van der Waals surface area (Å²) in [5, 5.41) is 0. The standard InChI is InChI=1S/C16H35NO2S/c1-5-8-10-12-14-16(4,15-13-11-9-6-2)17-20(18,19)7-3/h17H,5-15H2,1-4H3. The van der Waals surface area contributed by atoms with Gasteiger partial charge in [-0.3, -0.25) is 0 Å². The smallest absolute Gasteiger partial charge is 0.211 e. The van der Waals surface area contributed by atoms with Gasteiger partial charge in [0.25, 0.3) is 0 Å². The van der Waals surface area contributed by atoms with Gasteiger partial charge in [0.2, 0.25) is 10.0 Å². The highest BCUT2D eigenvalue weighted by molar-refractivity contribution is 7.89. The fourth-order valence-corrected chi connectivity index (χ4v) is 3.66. The van der Waals surface area contributed by atoms with Crippen LogP contribution in [0.4, 0.5) is 0 Å². The Balaban J connectivity index is 4.41. The average molecular weight is 306 g/mol. The normalized spacial score (nSPS) is 12.8. The zero-order valence-corrected chi connectivity index (χ0v) is 14.8. The maximum atomic E-state index is 11.9. The molecular formula is C16H35NO2S. The third-order valence-electron chi connectivity index (χ3n) is 3.95. The van der Waals surface area contributed by atoms with E-state index in [1.54, 1.807) is 6.92 Å². The molecule has 0 radical (unpaired) electrons. The van der Waals surface area contributed by atoms with E-state index in [9.17, 15) is 8.42 Å². The average Bonchev–Trinajstić information content (AvgIpc) is 2.40. The summed E-state index contributed by atoms with van der Waals surface area (Å²) in [6.07, 6.45) is 11.5. The van der Waals surface area contributed by atoms with Gasteiger partial charge in [0.1, 0.15) is 0 Å². The molecule has 0 aliphatic rings. The largest absolute Gasteiger partial charge is 0.212 e. The molecule has 0 aromatic rings. The van der Waals surface area contributed by atoms with E-state index in [4.69, 9.17) is 0 Å². The molecule has 0 spiro atoms. The van der Waals surface area contributed by atoms with Crippen LogP contribution in [0.2, 0.25) is 0 Å². The van der Waals surface area contributed by atoms with Gasteiger partial charge in [-0.2, -0.15) is 0 Å². The Labute approximate surface area is 127 Å². The number of nitrogens with one attached hydrogen (secondary N) is 1. The van der Waals surface area contributed by atoms with Crippen molar-refractivity contribution in [2.75, 3.05) is 5.75 Å². The zero-order valence-electron chi connectivity index (χ0n) is 14.0. The van der Waals surface area contributed by atoms with Crippen molar-refractivity contribution in [3.8, 4) is 0 Å². The van der Waals surface area contributed by atoms with E-state index in [1.807, 2.05) is 0 Å². The monoisotopic (exact) mass is 305 g/mol. The molecule has 3 nitrogen and oxygen atoms in total. The van der Waals surface area contributed by atoms with Crippen molar-refractivity contribution in [2.45, 2.75) is 97.4 Å². The topological polar surface area (TPSA) is 46.2 Å². The summed E-state index contributed by atoms with van der Waals surface area (Å²) in [6, 6.07) is 0. The summed E-state index contributed by atoms with van der Waals surface area (Å²) in [5.74, 6) is 0.173. The summed E-state index contributed by atoms with van der Waals surface area (Å²) in [4.78, 5) is 0.